The number of aromatic amines is 2. The average molecular weight is 640 g/mol. The van der Waals surface area contributed by atoms with Crippen molar-refractivity contribution in [3.05, 3.63) is 90.8 Å². The van der Waals surface area contributed by atoms with Crippen molar-refractivity contribution in [1.82, 2.24) is 0 Å². The fourth-order valence-electron chi connectivity index (χ4n) is 1.05. The van der Waals surface area contributed by atoms with Crippen molar-refractivity contribution in [2.45, 2.75) is 0 Å². The number of carbonyl (C=O) groups is 2. The Hall–Kier alpha value is -3.39. The zero-order valence-electron chi connectivity index (χ0n) is 13.9. The van der Waals surface area contributed by atoms with Crippen LogP contribution in [0.25, 0.3) is 0 Å². The summed E-state index contributed by atoms with van der Waals surface area (Å²) in [6.07, 6.45) is 6.13. The molecule has 0 unspecified atom stereocenters. The molecule has 0 fully saturated rings. The van der Waals surface area contributed by atoms with Gasteiger partial charge in [-0.05, 0) is 0 Å². The van der Waals surface area contributed by atoms with Crippen molar-refractivity contribution >= 4 is 11.9 Å². The fourth-order valence-corrected chi connectivity index (χ4v) is 1.05. The Labute approximate surface area is 184 Å². The minimum Gasteiger partial charge on any atom is -2.00 e. The van der Waals surface area contributed by atoms with Crippen molar-refractivity contribution in [3.63, 3.8) is 0 Å². The minimum atomic E-state index is -1.75. The van der Waals surface area contributed by atoms with Gasteiger partial charge in [0.25, 0.3) is 0 Å². The van der Waals surface area contributed by atoms with E-state index in [-0.39, 0.29) is 53.2 Å². The van der Waals surface area contributed by atoms with E-state index in [1.807, 2.05) is 0 Å². The van der Waals surface area contributed by atoms with Gasteiger partial charge in [0.05, 0.1) is 22.1 Å². The minimum absolute atomic E-state index is 0. The van der Waals surface area contributed by atoms with Crippen molar-refractivity contribution < 1.29 is 82.0 Å². The molecule has 0 spiro atoms. The third-order valence-electron chi connectivity index (χ3n) is 1.91. The molecule has 2 heterocycles. The van der Waals surface area contributed by atoms with Gasteiger partial charge in [0, 0.05) is 66.5 Å². The van der Waals surface area contributed by atoms with Crippen LogP contribution in [0.1, 0.15) is 20.7 Å². The third-order valence-corrected chi connectivity index (χ3v) is 1.91. The smallest absolute Gasteiger partial charge is 0.167 e. The number of pyridine rings is 2. The maximum atomic E-state index is 10.1. The number of nitrogens with one attached hydrogen (secondary N) is 2. The molecular formula is C12H10N4O12U-6. The number of carboxylic acid groups (broad SMARTS) is 2. The molecule has 0 saturated heterocycles. The third kappa shape index (κ3) is 29.6. The second-order valence-corrected chi connectivity index (χ2v) is 3.60. The van der Waals surface area contributed by atoms with Crippen LogP contribution in [0.2, 0.25) is 0 Å². The Morgan fingerprint density at radius 2 is 0.828 bits per heavy atom. The number of rotatable bonds is 2. The standard InChI is InChI=1S/2C6H5NO2.2NO3.2O.U/c2*8-6(9)5-1-3-7-4-2-5;2*2-1(3)4;;;/h2*1-4H,(H,8,9);;;;;/q;;2*-1;2*-2;. The fraction of sp³-hybridized carbons (Fsp3) is 0. The van der Waals surface area contributed by atoms with Crippen LogP contribution in [0, 0.1) is 61.8 Å². The van der Waals surface area contributed by atoms with E-state index in [1.54, 1.807) is 0 Å². The van der Waals surface area contributed by atoms with Crippen molar-refractivity contribution in [3.8, 4) is 0 Å². The molecule has 29 heavy (non-hydrogen) atoms. The predicted molar refractivity (Wildman–Crippen MR) is 76.8 cm³/mol. The maximum Gasteiger partial charge on any atom is 0.167 e. The van der Waals surface area contributed by atoms with E-state index in [0.29, 0.717) is 0 Å². The van der Waals surface area contributed by atoms with Gasteiger partial charge >= 0.3 is 0 Å². The van der Waals surface area contributed by atoms with Crippen LogP contribution < -0.4 is 20.2 Å². The normalized spacial score (nSPS) is 7.17. The molecule has 2 aromatic rings. The Morgan fingerprint density at radius 3 is 0.931 bits per heavy atom. The van der Waals surface area contributed by atoms with E-state index in [1.165, 1.54) is 49.1 Å². The van der Waals surface area contributed by atoms with Gasteiger partial charge in [0.15, 0.2) is 24.8 Å². The van der Waals surface area contributed by atoms with Crippen molar-refractivity contribution in [2.75, 3.05) is 0 Å². The Bertz CT molecular complexity index is 635. The molecule has 0 atom stereocenters. The Balaban J connectivity index is -0.0000000912. The summed E-state index contributed by atoms with van der Waals surface area (Å²) < 4.78 is 0. The first-order chi connectivity index (χ1) is 12.1. The van der Waals surface area contributed by atoms with Gasteiger partial charge in [-0.1, -0.05) is 0 Å². The topological polar surface area (TPSA) is 298 Å². The predicted octanol–water partition coefficient (Wildman–Crippen LogP) is -2.99. The summed E-state index contributed by atoms with van der Waals surface area (Å²) in [5.74, 6) is -2.30. The molecule has 0 radical (unpaired) electrons. The van der Waals surface area contributed by atoms with E-state index in [2.05, 4.69) is 9.97 Å². The quantitative estimate of drug-likeness (QED) is 0.237. The molecule has 2 N–H and O–H groups in total. The van der Waals surface area contributed by atoms with Gasteiger partial charge in [-0.15, -0.1) is 0 Å². The monoisotopic (exact) mass is 640 g/mol. The second kappa shape index (κ2) is 22.7. The van der Waals surface area contributed by atoms with Crippen LogP contribution in [-0.4, -0.2) is 22.1 Å². The second-order valence-electron chi connectivity index (χ2n) is 3.60. The molecule has 17 heteroatoms. The first-order valence-corrected chi connectivity index (χ1v) is 6.05. The van der Waals surface area contributed by atoms with E-state index in [9.17, 15) is 19.8 Å². The molecule has 0 aromatic carbocycles. The number of hydrogen-bond donors (Lipinski definition) is 0. The Kier molecular flexibility index (Phi) is 28.5. The zero-order chi connectivity index (χ0) is 20.5. The average Bonchev–Trinajstić information content (AvgIpc) is 2.56. The SMILES string of the molecule is O=C([O-])c1cc[nH+]cc1.O=C([O-])c1cc[nH+]cc1.O=[N+]([O-])[O-].O=[N+]([O-])[O-].[O-2].[O-2].[U]. The molecule has 2 aromatic heterocycles. The molecule has 160 valence electrons. The molecule has 2 rings (SSSR count). The number of carbonyl (C=O) groups excluding carboxylic acids is 2. The summed E-state index contributed by atoms with van der Waals surface area (Å²) in [6, 6.07) is 5.76. The number of hydrogen-bond acceptors (Lipinski definition) is 10. The summed E-state index contributed by atoms with van der Waals surface area (Å²) in [5, 5.41) is 49.7. The first-order valence-electron chi connectivity index (χ1n) is 6.05. The molecule has 0 aliphatic carbocycles. The van der Waals surface area contributed by atoms with Crippen LogP contribution in [0.4, 0.5) is 0 Å². The van der Waals surface area contributed by atoms with Gasteiger partial charge in [-0.2, -0.15) is 0 Å². The van der Waals surface area contributed by atoms with Crippen LogP contribution in [-0.2, 0) is 11.0 Å². The number of aromatic nitrogens is 2. The maximum absolute atomic E-state index is 10.1. The number of H-pyrrole nitrogens is 2. The Morgan fingerprint density at radius 1 is 0.655 bits per heavy atom. The van der Waals surface area contributed by atoms with Crippen LogP contribution in [0.15, 0.2) is 49.1 Å². The van der Waals surface area contributed by atoms with Crippen molar-refractivity contribution in [1.29, 1.82) is 0 Å². The van der Waals surface area contributed by atoms with E-state index >= 15 is 0 Å². The first kappa shape index (κ1) is 36.5. The summed E-state index contributed by atoms with van der Waals surface area (Å²) >= 11 is 0. The molecule has 0 aliphatic heterocycles. The van der Waals surface area contributed by atoms with Crippen LogP contribution in [0.3, 0.4) is 0 Å². The molecule has 0 amide bonds. The van der Waals surface area contributed by atoms with E-state index in [0.717, 1.165) is 0 Å². The van der Waals surface area contributed by atoms with Gasteiger partial charge < -0.3 is 61.4 Å². The van der Waals surface area contributed by atoms with Crippen LogP contribution in [0.5, 0.6) is 0 Å². The van der Waals surface area contributed by atoms with E-state index < -0.39 is 22.1 Å². The number of carboxylic acids is 2. The molecule has 0 saturated carbocycles. The summed E-state index contributed by atoms with van der Waals surface area (Å²) in [4.78, 5) is 42.0. The largest absolute Gasteiger partial charge is 2.00 e. The molecule has 0 bridgehead atoms. The van der Waals surface area contributed by atoms with Gasteiger partial charge in [-0.25, -0.2) is 9.97 Å². The molecular weight excluding hydrogens is 630 g/mol. The summed E-state index contributed by atoms with van der Waals surface area (Å²) in [5.41, 5.74) is 0.377. The van der Waals surface area contributed by atoms with Crippen molar-refractivity contribution in [2.24, 2.45) is 0 Å². The van der Waals surface area contributed by atoms with Gasteiger partial charge in [0.1, 0.15) is 0 Å². The number of nitrogens with zero attached hydrogens (tertiary/aromatic N) is 2. The molecule has 0 aliphatic rings. The van der Waals surface area contributed by atoms with Crippen LogP contribution >= 0.6 is 0 Å². The zero-order valence-corrected chi connectivity index (χ0v) is 18.1. The van der Waals surface area contributed by atoms with Gasteiger partial charge in [-0.3, -0.25) is 0 Å². The van der Waals surface area contributed by atoms with Gasteiger partial charge in [0.2, 0.25) is 0 Å². The van der Waals surface area contributed by atoms with E-state index in [4.69, 9.17) is 30.6 Å². The summed E-state index contributed by atoms with van der Waals surface area (Å²) in [6.45, 7) is 0. The summed E-state index contributed by atoms with van der Waals surface area (Å²) in [7, 11) is 0. The number of aromatic carboxylic acids is 2. The molecule has 16 nitrogen and oxygen atoms in total.